The first-order valence-corrected chi connectivity index (χ1v) is 7.03. The van der Waals surface area contributed by atoms with Gasteiger partial charge in [0.05, 0.1) is 17.9 Å². The van der Waals surface area contributed by atoms with Gasteiger partial charge in [0.2, 0.25) is 0 Å². The summed E-state index contributed by atoms with van der Waals surface area (Å²) in [7, 11) is 0. The van der Waals surface area contributed by atoms with Gasteiger partial charge in [-0.05, 0) is 19.1 Å². The number of anilines is 2. The minimum Gasteiger partial charge on any atom is -0.382 e. The van der Waals surface area contributed by atoms with Crippen LogP contribution in [0.5, 0.6) is 0 Å². The molecule has 0 aliphatic heterocycles. The second-order valence-electron chi connectivity index (χ2n) is 4.71. The van der Waals surface area contributed by atoms with Crippen LogP contribution < -0.4 is 11.1 Å². The molecule has 1 aromatic carbocycles. The molecule has 3 N–H and O–H groups in total. The van der Waals surface area contributed by atoms with Crippen molar-refractivity contribution in [1.29, 1.82) is 0 Å². The first kappa shape index (κ1) is 14.3. The van der Waals surface area contributed by atoms with Crippen molar-refractivity contribution in [1.82, 2.24) is 25.0 Å². The highest BCUT2D eigenvalue weighted by molar-refractivity contribution is 6.35. The Morgan fingerprint density at radius 1 is 1.23 bits per heavy atom. The number of hydrogen-bond donors (Lipinski definition) is 2. The highest BCUT2D eigenvalue weighted by Gasteiger charge is 2.14. The van der Waals surface area contributed by atoms with Crippen LogP contribution in [-0.2, 0) is 0 Å². The highest BCUT2D eigenvalue weighted by Crippen LogP contribution is 2.26. The number of nitrogen functional groups attached to an aromatic ring is 1. The van der Waals surface area contributed by atoms with E-state index in [9.17, 15) is 0 Å². The van der Waals surface area contributed by atoms with Gasteiger partial charge < -0.3 is 11.1 Å². The standard InChI is InChI=1S/C14H14ClN7/c1-9(19-14-12(15)13(16)17-8-18-14)11-7-22(21-20-11)10-5-3-2-4-6-10/h2-9H,1H3,(H3,16,17,18,19)/t9-/m0/s1. The van der Waals surface area contributed by atoms with Crippen molar-refractivity contribution in [2.75, 3.05) is 11.1 Å². The molecule has 0 radical (unpaired) electrons. The fraction of sp³-hybridized carbons (Fsp3) is 0.143. The molecule has 8 heteroatoms. The summed E-state index contributed by atoms with van der Waals surface area (Å²) in [4.78, 5) is 7.91. The summed E-state index contributed by atoms with van der Waals surface area (Å²) in [5.41, 5.74) is 7.36. The Balaban J connectivity index is 1.80. The van der Waals surface area contributed by atoms with Crippen molar-refractivity contribution in [3.8, 4) is 5.69 Å². The molecule has 7 nitrogen and oxygen atoms in total. The summed E-state index contributed by atoms with van der Waals surface area (Å²) in [5.74, 6) is 0.704. The third-order valence-corrected chi connectivity index (χ3v) is 3.52. The van der Waals surface area contributed by atoms with Crippen LogP contribution in [0.1, 0.15) is 18.7 Å². The van der Waals surface area contributed by atoms with Crippen molar-refractivity contribution in [3.05, 3.63) is 53.6 Å². The van der Waals surface area contributed by atoms with Gasteiger partial charge in [-0.2, -0.15) is 0 Å². The Morgan fingerprint density at radius 3 is 2.77 bits per heavy atom. The molecule has 1 atom stereocenters. The Morgan fingerprint density at radius 2 is 2.00 bits per heavy atom. The molecule has 0 saturated heterocycles. The Bertz CT molecular complexity index is 772. The lowest BCUT2D eigenvalue weighted by atomic mass is 10.2. The summed E-state index contributed by atoms with van der Waals surface area (Å²) in [5, 5.41) is 11.7. The van der Waals surface area contributed by atoms with Crippen molar-refractivity contribution in [3.63, 3.8) is 0 Å². The zero-order valence-electron chi connectivity index (χ0n) is 11.8. The predicted molar refractivity (Wildman–Crippen MR) is 84.9 cm³/mol. The molecular weight excluding hydrogens is 302 g/mol. The van der Waals surface area contributed by atoms with Gasteiger partial charge in [0.25, 0.3) is 0 Å². The van der Waals surface area contributed by atoms with E-state index >= 15 is 0 Å². The van der Waals surface area contributed by atoms with E-state index in [1.165, 1.54) is 6.33 Å². The lowest BCUT2D eigenvalue weighted by molar-refractivity contribution is 0.779. The summed E-state index contributed by atoms with van der Waals surface area (Å²) < 4.78 is 1.71. The molecule has 0 saturated carbocycles. The molecule has 2 aromatic heterocycles. The third kappa shape index (κ3) is 2.84. The van der Waals surface area contributed by atoms with Gasteiger partial charge in [0, 0.05) is 0 Å². The van der Waals surface area contributed by atoms with E-state index in [1.807, 2.05) is 43.5 Å². The van der Waals surface area contributed by atoms with E-state index in [4.69, 9.17) is 17.3 Å². The minimum absolute atomic E-state index is 0.135. The second kappa shape index (κ2) is 5.98. The van der Waals surface area contributed by atoms with Crippen LogP contribution in [0.2, 0.25) is 5.02 Å². The number of para-hydroxylation sites is 1. The van der Waals surface area contributed by atoms with Gasteiger partial charge in [0.15, 0.2) is 5.82 Å². The van der Waals surface area contributed by atoms with Crippen LogP contribution in [0, 0.1) is 0 Å². The molecule has 0 bridgehead atoms. The number of nitrogens with zero attached hydrogens (tertiary/aromatic N) is 5. The van der Waals surface area contributed by atoms with Crippen LogP contribution in [-0.4, -0.2) is 25.0 Å². The summed E-state index contributed by atoms with van der Waals surface area (Å²) >= 11 is 6.07. The highest BCUT2D eigenvalue weighted by atomic mass is 35.5. The van der Waals surface area contributed by atoms with Crippen LogP contribution in [0.25, 0.3) is 5.69 Å². The van der Waals surface area contributed by atoms with Crippen molar-refractivity contribution in [2.45, 2.75) is 13.0 Å². The average molecular weight is 316 g/mol. The zero-order valence-corrected chi connectivity index (χ0v) is 12.6. The molecule has 0 aliphatic carbocycles. The molecular formula is C14H14ClN7. The zero-order chi connectivity index (χ0) is 15.5. The van der Waals surface area contributed by atoms with Gasteiger partial charge >= 0.3 is 0 Å². The number of hydrogen-bond acceptors (Lipinski definition) is 6. The van der Waals surface area contributed by atoms with Gasteiger partial charge in [-0.3, -0.25) is 0 Å². The van der Waals surface area contributed by atoms with E-state index in [0.717, 1.165) is 11.4 Å². The SMILES string of the molecule is C[C@H](Nc1ncnc(N)c1Cl)c1cn(-c2ccccc2)nn1. The number of nitrogens with one attached hydrogen (secondary N) is 1. The van der Waals surface area contributed by atoms with Gasteiger partial charge in [-0.15, -0.1) is 5.10 Å². The maximum absolute atomic E-state index is 6.07. The lowest BCUT2D eigenvalue weighted by Gasteiger charge is -2.13. The molecule has 2 heterocycles. The summed E-state index contributed by atoms with van der Waals surface area (Å²) in [6.07, 6.45) is 3.21. The Labute approximate surface area is 132 Å². The van der Waals surface area contributed by atoms with Crippen LogP contribution in [0.3, 0.4) is 0 Å². The van der Waals surface area contributed by atoms with E-state index in [-0.39, 0.29) is 11.9 Å². The number of benzene rings is 1. The Hall–Kier alpha value is -2.67. The number of aromatic nitrogens is 5. The molecule has 0 aliphatic rings. The largest absolute Gasteiger partial charge is 0.382 e. The minimum atomic E-state index is -0.135. The molecule has 0 unspecified atom stereocenters. The first-order valence-electron chi connectivity index (χ1n) is 6.65. The van der Waals surface area contributed by atoms with Crippen LogP contribution in [0.4, 0.5) is 11.6 Å². The quantitative estimate of drug-likeness (QED) is 0.768. The van der Waals surface area contributed by atoms with E-state index in [2.05, 4.69) is 25.6 Å². The maximum Gasteiger partial charge on any atom is 0.150 e. The lowest BCUT2D eigenvalue weighted by Crippen LogP contribution is -2.10. The van der Waals surface area contributed by atoms with Crippen molar-refractivity contribution >= 4 is 23.2 Å². The van der Waals surface area contributed by atoms with Crippen LogP contribution >= 0.6 is 11.6 Å². The van der Waals surface area contributed by atoms with E-state index in [1.54, 1.807) is 4.68 Å². The van der Waals surface area contributed by atoms with Crippen molar-refractivity contribution < 1.29 is 0 Å². The topological polar surface area (TPSA) is 94.5 Å². The van der Waals surface area contributed by atoms with Crippen molar-refractivity contribution in [2.24, 2.45) is 0 Å². The Kier molecular flexibility index (Phi) is 3.88. The predicted octanol–water partition coefficient (Wildman–Crippen LogP) is 2.47. The molecule has 22 heavy (non-hydrogen) atoms. The van der Waals surface area contributed by atoms with E-state index < -0.39 is 0 Å². The fourth-order valence-electron chi connectivity index (χ4n) is 1.95. The molecule has 0 amide bonds. The molecule has 3 aromatic rings. The maximum atomic E-state index is 6.07. The second-order valence-corrected chi connectivity index (χ2v) is 5.09. The number of rotatable bonds is 4. The number of halogens is 1. The normalized spacial score (nSPS) is 12.1. The first-order chi connectivity index (χ1) is 10.6. The monoisotopic (exact) mass is 315 g/mol. The molecule has 0 fully saturated rings. The summed E-state index contributed by atoms with van der Waals surface area (Å²) in [6, 6.07) is 9.62. The van der Waals surface area contributed by atoms with Gasteiger partial charge in [-0.1, -0.05) is 35.0 Å². The summed E-state index contributed by atoms with van der Waals surface area (Å²) in [6.45, 7) is 1.94. The van der Waals surface area contributed by atoms with Crippen LogP contribution in [0.15, 0.2) is 42.9 Å². The average Bonchev–Trinajstić information content (AvgIpc) is 3.03. The molecule has 112 valence electrons. The molecule has 0 spiro atoms. The van der Waals surface area contributed by atoms with Gasteiger partial charge in [-0.25, -0.2) is 14.6 Å². The molecule has 3 rings (SSSR count). The number of nitrogens with two attached hydrogens (primary N) is 1. The third-order valence-electron chi connectivity index (χ3n) is 3.15. The smallest absolute Gasteiger partial charge is 0.150 e. The van der Waals surface area contributed by atoms with Gasteiger partial charge in [0.1, 0.15) is 22.9 Å². The van der Waals surface area contributed by atoms with E-state index in [0.29, 0.717) is 10.8 Å². The fourth-order valence-corrected chi connectivity index (χ4v) is 2.10.